The second kappa shape index (κ2) is 5.66. The second-order valence-electron chi connectivity index (χ2n) is 6.06. The standard InChI is InChI=1S/C16H22N2O2S/c1-11-6-7-12(2)18(11)13-8-9-21-14(13)15(19)17(5)10-16(3,4)20/h6-9,20H,10H2,1-5H3. The fourth-order valence-corrected chi connectivity index (χ4v) is 3.38. The van der Waals surface area contributed by atoms with Crippen LogP contribution in [0.1, 0.15) is 34.9 Å². The molecule has 0 aliphatic carbocycles. The lowest BCUT2D eigenvalue weighted by atomic mass is 10.1. The average molecular weight is 306 g/mol. The van der Waals surface area contributed by atoms with Crippen LogP contribution in [-0.4, -0.2) is 39.7 Å². The van der Waals surface area contributed by atoms with E-state index in [4.69, 9.17) is 0 Å². The Morgan fingerprint density at radius 1 is 1.29 bits per heavy atom. The van der Waals surface area contributed by atoms with Gasteiger partial charge in [-0.2, -0.15) is 0 Å². The van der Waals surface area contributed by atoms with E-state index in [0.717, 1.165) is 17.1 Å². The van der Waals surface area contributed by atoms with Gasteiger partial charge in [0.2, 0.25) is 0 Å². The van der Waals surface area contributed by atoms with Crippen molar-refractivity contribution < 1.29 is 9.90 Å². The highest BCUT2D eigenvalue weighted by atomic mass is 32.1. The number of nitrogens with zero attached hydrogens (tertiary/aromatic N) is 2. The summed E-state index contributed by atoms with van der Waals surface area (Å²) in [6.07, 6.45) is 0. The van der Waals surface area contributed by atoms with E-state index in [9.17, 15) is 9.90 Å². The van der Waals surface area contributed by atoms with Crippen molar-refractivity contribution in [3.05, 3.63) is 39.8 Å². The van der Waals surface area contributed by atoms with E-state index in [2.05, 4.69) is 4.57 Å². The van der Waals surface area contributed by atoms with Crippen LogP contribution in [-0.2, 0) is 0 Å². The van der Waals surface area contributed by atoms with Crippen LogP contribution in [0.4, 0.5) is 0 Å². The van der Waals surface area contributed by atoms with Crippen molar-refractivity contribution in [2.24, 2.45) is 0 Å². The Bertz CT molecular complexity index is 630. The molecule has 0 unspecified atom stereocenters. The lowest BCUT2D eigenvalue weighted by molar-refractivity contribution is 0.0370. The molecule has 0 bridgehead atoms. The minimum absolute atomic E-state index is 0.0605. The molecule has 1 amide bonds. The van der Waals surface area contributed by atoms with Gasteiger partial charge in [-0.3, -0.25) is 4.79 Å². The molecule has 0 fully saturated rings. The van der Waals surface area contributed by atoms with Crippen LogP contribution in [0.15, 0.2) is 23.6 Å². The molecule has 0 saturated heterocycles. The van der Waals surface area contributed by atoms with Crippen LogP contribution in [0.25, 0.3) is 5.69 Å². The van der Waals surface area contributed by atoms with Gasteiger partial charge in [0.15, 0.2) is 0 Å². The molecule has 2 aromatic rings. The Kier molecular flexibility index (Phi) is 4.25. The minimum atomic E-state index is -0.902. The van der Waals surface area contributed by atoms with Gasteiger partial charge in [-0.15, -0.1) is 11.3 Å². The molecule has 21 heavy (non-hydrogen) atoms. The number of aromatic nitrogens is 1. The van der Waals surface area contributed by atoms with Crippen LogP contribution >= 0.6 is 11.3 Å². The Labute approximate surface area is 129 Å². The minimum Gasteiger partial charge on any atom is -0.389 e. The van der Waals surface area contributed by atoms with Crippen molar-refractivity contribution in [1.82, 2.24) is 9.47 Å². The number of likely N-dealkylation sites (N-methyl/N-ethyl adjacent to an activating group) is 1. The van der Waals surface area contributed by atoms with Crippen LogP contribution in [0, 0.1) is 13.8 Å². The third-order valence-electron chi connectivity index (χ3n) is 3.32. The molecule has 2 aromatic heterocycles. The number of thiophene rings is 1. The first-order valence-electron chi connectivity index (χ1n) is 6.91. The molecular formula is C16H22N2O2S. The molecule has 0 saturated carbocycles. The van der Waals surface area contributed by atoms with Crippen molar-refractivity contribution in [2.45, 2.75) is 33.3 Å². The highest BCUT2D eigenvalue weighted by molar-refractivity contribution is 7.12. The van der Waals surface area contributed by atoms with Crippen molar-refractivity contribution in [2.75, 3.05) is 13.6 Å². The molecule has 0 atom stereocenters. The summed E-state index contributed by atoms with van der Waals surface area (Å²) in [4.78, 5) is 14.9. The van der Waals surface area contributed by atoms with Gasteiger partial charge in [0.25, 0.3) is 5.91 Å². The summed E-state index contributed by atoms with van der Waals surface area (Å²) in [7, 11) is 1.72. The Balaban J connectivity index is 2.35. The summed E-state index contributed by atoms with van der Waals surface area (Å²) in [5, 5.41) is 11.8. The highest BCUT2D eigenvalue weighted by Crippen LogP contribution is 2.26. The molecule has 0 aliphatic heterocycles. The van der Waals surface area contributed by atoms with E-state index in [1.165, 1.54) is 11.3 Å². The summed E-state index contributed by atoms with van der Waals surface area (Å²) in [6.45, 7) is 7.75. The predicted octanol–water partition coefficient (Wildman–Crippen LogP) is 3.00. The molecule has 2 heterocycles. The number of carbonyl (C=O) groups is 1. The van der Waals surface area contributed by atoms with E-state index in [-0.39, 0.29) is 5.91 Å². The van der Waals surface area contributed by atoms with Gasteiger partial charge in [-0.05, 0) is 51.3 Å². The van der Waals surface area contributed by atoms with Gasteiger partial charge < -0.3 is 14.6 Å². The maximum atomic E-state index is 12.6. The summed E-state index contributed by atoms with van der Waals surface area (Å²) < 4.78 is 2.08. The second-order valence-corrected chi connectivity index (χ2v) is 6.98. The maximum absolute atomic E-state index is 12.6. The molecule has 4 nitrogen and oxygen atoms in total. The first kappa shape index (κ1) is 15.8. The first-order valence-corrected chi connectivity index (χ1v) is 7.79. The van der Waals surface area contributed by atoms with Gasteiger partial charge in [0.1, 0.15) is 4.88 Å². The number of carbonyl (C=O) groups excluding carboxylic acids is 1. The first-order chi connectivity index (χ1) is 9.70. The maximum Gasteiger partial charge on any atom is 0.265 e. The number of rotatable bonds is 4. The van der Waals surface area contributed by atoms with Gasteiger partial charge >= 0.3 is 0 Å². The van der Waals surface area contributed by atoms with E-state index in [1.807, 2.05) is 37.4 Å². The summed E-state index contributed by atoms with van der Waals surface area (Å²) in [5.74, 6) is -0.0605. The van der Waals surface area contributed by atoms with Crippen molar-refractivity contribution in [3.8, 4) is 5.69 Å². The molecule has 114 valence electrons. The Morgan fingerprint density at radius 3 is 2.38 bits per heavy atom. The lowest BCUT2D eigenvalue weighted by Crippen LogP contribution is -2.39. The number of hydrogen-bond acceptors (Lipinski definition) is 3. The smallest absolute Gasteiger partial charge is 0.265 e. The third-order valence-corrected chi connectivity index (χ3v) is 4.21. The van der Waals surface area contributed by atoms with Crippen molar-refractivity contribution in [1.29, 1.82) is 0 Å². The summed E-state index contributed by atoms with van der Waals surface area (Å²) in [6, 6.07) is 6.05. The van der Waals surface area contributed by atoms with E-state index in [1.54, 1.807) is 25.8 Å². The normalized spacial score (nSPS) is 11.7. The molecule has 0 radical (unpaired) electrons. The average Bonchev–Trinajstić information content (AvgIpc) is 2.93. The molecule has 2 rings (SSSR count). The molecule has 0 spiro atoms. The number of amides is 1. The monoisotopic (exact) mass is 306 g/mol. The van der Waals surface area contributed by atoms with Gasteiger partial charge in [-0.25, -0.2) is 0 Å². The van der Waals surface area contributed by atoms with Crippen LogP contribution in [0.2, 0.25) is 0 Å². The van der Waals surface area contributed by atoms with Crippen molar-refractivity contribution >= 4 is 17.2 Å². The van der Waals surface area contributed by atoms with E-state index < -0.39 is 5.60 Å². The largest absolute Gasteiger partial charge is 0.389 e. The number of aliphatic hydroxyl groups is 1. The van der Waals surface area contributed by atoms with Crippen LogP contribution in [0.5, 0.6) is 0 Å². The SMILES string of the molecule is Cc1ccc(C)n1-c1ccsc1C(=O)N(C)CC(C)(C)O. The zero-order chi connectivity index (χ0) is 15.8. The predicted molar refractivity (Wildman–Crippen MR) is 86.4 cm³/mol. The Hall–Kier alpha value is -1.59. The van der Waals surface area contributed by atoms with E-state index in [0.29, 0.717) is 11.4 Å². The fourth-order valence-electron chi connectivity index (χ4n) is 2.51. The zero-order valence-electron chi connectivity index (χ0n) is 13.2. The molecular weight excluding hydrogens is 284 g/mol. The van der Waals surface area contributed by atoms with E-state index >= 15 is 0 Å². The lowest BCUT2D eigenvalue weighted by Gasteiger charge is -2.25. The topological polar surface area (TPSA) is 45.5 Å². The Morgan fingerprint density at radius 2 is 1.86 bits per heavy atom. The van der Waals surface area contributed by atoms with Gasteiger partial charge in [0.05, 0.1) is 11.3 Å². The van der Waals surface area contributed by atoms with Gasteiger partial charge in [-0.1, -0.05) is 0 Å². The molecule has 1 N–H and O–H groups in total. The highest BCUT2D eigenvalue weighted by Gasteiger charge is 2.24. The quantitative estimate of drug-likeness (QED) is 0.944. The third kappa shape index (κ3) is 3.36. The number of aryl methyl sites for hydroxylation is 2. The van der Waals surface area contributed by atoms with Crippen molar-refractivity contribution in [3.63, 3.8) is 0 Å². The zero-order valence-corrected chi connectivity index (χ0v) is 14.0. The van der Waals surface area contributed by atoms with Gasteiger partial charge in [0, 0.05) is 25.0 Å². The van der Waals surface area contributed by atoms with Crippen LogP contribution in [0.3, 0.4) is 0 Å². The molecule has 5 heteroatoms. The fraction of sp³-hybridized carbons (Fsp3) is 0.438. The summed E-state index contributed by atoms with van der Waals surface area (Å²) >= 11 is 1.43. The number of hydrogen-bond donors (Lipinski definition) is 1. The molecule has 0 aromatic carbocycles. The molecule has 0 aliphatic rings. The summed E-state index contributed by atoms with van der Waals surface area (Å²) in [5.41, 5.74) is 2.21. The van der Waals surface area contributed by atoms with Crippen LogP contribution < -0.4 is 0 Å².